The molecule has 0 aliphatic rings. The fraction of sp³-hybridized carbons (Fsp3) is 0.500. The lowest BCUT2D eigenvalue weighted by molar-refractivity contribution is 0.608. The Morgan fingerprint density at radius 1 is 1.45 bits per heavy atom. The summed E-state index contributed by atoms with van der Waals surface area (Å²) in [7, 11) is 1.81. The third-order valence-electron chi connectivity index (χ3n) is 3.35. The second-order valence-electron chi connectivity index (χ2n) is 5.41. The van der Waals surface area contributed by atoms with Crippen molar-refractivity contribution in [2.24, 2.45) is 4.99 Å². The molecule has 2 aromatic rings. The maximum absolute atomic E-state index is 4.29. The summed E-state index contributed by atoms with van der Waals surface area (Å²) in [5, 5.41) is 6.81. The molecule has 0 aliphatic carbocycles. The van der Waals surface area contributed by atoms with Crippen LogP contribution in [-0.4, -0.2) is 35.1 Å². The molecule has 1 atom stereocenters. The molecule has 0 spiro atoms. The lowest BCUT2D eigenvalue weighted by Gasteiger charge is -2.17. The number of nitrogens with one attached hydrogen (secondary N) is 2. The Hall–Kier alpha value is -1.82. The molecule has 0 radical (unpaired) electrons. The number of aryl methyl sites for hydroxylation is 2. The smallest absolute Gasteiger partial charge is 0.191 e. The fourth-order valence-corrected chi connectivity index (χ4v) is 3.28. The number of hydrogen-bond donors (Lipinski definition) is 2. The number of rotatable bonds is 7. The van der Waals surface area contributed by atoms with E-state index < -0.39 is 0 Å². The standard InChI is InChI=1S/C16H25N5S/c1-13(11-15-6-5-14(2)22-15)20-16(17-3)19-7-4-9-21-10-8-18-12-21/h5-6,8,10,12-13H,4,7,9,11H2,1-3H3,(H2,17,19,20). The van der Waals surface area contributed by atoms with Crippen LogP contribution in [0, 0.1) is 6.92 Å². The van der Waals surface area contributed by atoms with Crippen LogP contribution in [0.25, 0.3) is 0 Å². The summed E-state index contributed by atoms with van der Waals surface area (Å²) in [4.78, 5) is 11.1. The van der Waals surface area contributed by atoms with Gasteiger partial charge in [-0.2, -0.15) is 0 Å². The van der Waals surface area contributed by atoms with Crippen LogP contribution in [0.15, 0.2) is 35.8 Å². The van der Waals surface area contributed by atoms with Gasteiger partial charge in [0.15, 0.2) is 5.96 Å². The number of thiophene rings is 1. The highest BCUT2D eigenvalue weighted by molar-refractivity contribution is 7.11. The highest BCUT2D eigenvalue weighted by atomic mass is 32.1. The SMILES string of the molecule is CN=C(NCCCn1ccnc1)NC(C)Cc1ccc(C)s1. The number of hydrogen-bond acceptors (Lipinski definition) is 3. The zero-order valence-corrected chi connectivity index (χ0v) is 14.4. The predicted octanol–water partition coefficient (Wildman–Crippen LogP) is 2.44. The summed E-state index contributed by atoms with van der Waals surface area (Å²) >= 11 is 1.86. The van der Waals surface area contributed by atoms with Gasteiger partial charge in [0.05, 0.1) is 6.33 Å². The van der Waals surface area contributed by atoms with Gasteiger partial charge in [-0.05, 0) is 32.4 Å². The van der Waals surface area contributed by atoms with Gasteiger partial charge < -0.3 is 15.2 Å². The quantitative estimate of drug-likeness (QED) is 0.468. The number of guanidine groups is 1. The summed E-state index contributed by atoms with van der Waals surface area (Å²) in [6, 6.07) is 4.74. The summed E-state index contributed by atoms with van der Waals surface area (Å²) < 4.78 is 2.08. The Labute approximate surface area is 136 Å². The number of imidazole rings is 1. The van der Waals surface area contributed by atoms with Gasteiger partial charge in [-0.15, -0.1) is 11.3 Å². The van der Waals surface area contributed by atoms with Crippen LogP contribution in [-0.2, 0) is 13.0 Å². The van der Waals surface area contributed by atoms with Crippen molar-refractivity contribution < 1.29 is 0 Å². The molecule has 2 aromatic heterocycles. The third kappa shape index (κ3) is 5.52. The largest absolute Gasteiger partial charge is 0.356 e. The molecule has 0 bridgehead atoms. The average Bonchev–Trinajstić information content (AvgIpc) is 3.14. The summed E-state index contributed by atoms with van der Waals surface area (Å²) in [6.07, 6.45) is 7.70. The molecule has 5 nitrogen and oxygen atoms in total. The average molecular weight is 319 g/mol. The Morgan fingerprint density at radius 3 is 2.95 bits per heavy atom. The van der Waals surface area contributed by atoms with Crippen molar-refractivity contribution in [3.8, 4) is 0 Å². The number of aromatic nitrogens is 2. The lowest BCUT2D eigenvalue weighted by atomic mass is 10.2. The first-order valence-electron chi connectivity index (χ1n) is 7.65. The molecule has 6 heteroatoms. The maximum atomic E-state index is 4.29. The third-order valence-corrected chi connectivity index (χ3v) is 4.38. The van der Waals surface area contributed by atoms with Gasteiger partial charge in [-0.1, -0.05) is 0 Å². The second kappa shape index (κ2) is 8.58. The van der Waals surface area contributed by atoms with Crippen molar-refractivity contribution in [3.63, 3.8) is 0 Å². The Balaban J connectivity index is 1.67. The molecular weight excluding hydrogens is 294 g/mol. The van der Waals surface area contributed by atoms with Crippen LogP contribution >= 0.6 is 11.3 Å². The molecular formula is C16H25N5S. The van der Waals surface area contributed by atoms with Gasteiger partial charge in [0, 0.05) is 54.7 Å². The minimum atomic E-state index is 0.359. The zero-order chi connectivity index (χ0) is 15.8. The minimum Gasteiger partial charge on any atom is -0.356 e. The van der Waals surface area contributed by atoms with Crippen LogP contribution in [0.2, 0.25) is 0 Å². The molecule has 2 heterocycles. The van der Waals surface area contributed by atoms with Crippen LogP contribution in [0.5, 0.6) is 0 Å². The topological polar surface area (TPSA) is 54.2 Å². The van der Waals surface area contributed by atoms with E-state index >= 15 is 0 Å². The molecule has 0 saturated carbocycles. The summed E-state index contributed by atoms with van der Waals surface area (Å²) in [5.74, 6) is 0.867. The highest BCUT2D eigenvalue weighted by Gasteiger charge is 2.07. The lowest BCUT2D eigenvalue weighted by Crippen LogP contribution is -2.43. The van der Waals surface area contributed by atoms with Crippen LogP contribution in [0.4, 0.5) is 0 Å². The van der Waals surface area contributed by atoms with Crippen molar-refractivity contribution in [3.05, 3.63) is 40.6 Å². The van der Waals surface area contributed by atoms with Gasteiger partial charge >= 0.3 is 0 Å². The first kappa shape index (κ1) is 16.5. The molecule has 2 rings (SSSR count). The van der Waals surface area contributed by atoms with Crippen molar-refractivity contribution in [1.29, 1.82) is 0 Å². The second-order valence-corrected chi connectivity index (χ2v) is 6.79. The van der Waals surface area contributed by atoms with E-state index in [1.807, 2.05) is 37.1 Å². The van der Waals surface area contributed by atoms with Crippen LogP contribution in [0.1, 0.15) is 23.1 Å². The van der Waals surface area contributed by atoms with Gasteiger partial charge in [0.2, 0.25) is 0 Å². The van der Waals surface area contributed by atoms with E-state index in [2.05, 4.69) is 51.2 Å². The molecule has 120 valence electrons. The van der Waals surface area contributed by atoms with Crippen LogP contribution in [0.3, 0.4) is 0 Å². The molecule has 0 fully saturated rings. The first-order chi connectivity index (χ1) is 10.7. The van der Waals surface area contributed by atoms with Gasteiger partial charge in [-0.25, -0.2) is 4.98 Å². The van der Waals surface area contributed by atoms with Gasteiger partial charge in [0.1, 0.15) is 0 Å². The highest BCUT2D eigenvalue weighted by Crippen LogP contribution is 2.16. The number of nitrogens with zero attached hydrogens (tertiary/aromatic N) is 3. The van der Waals surface area contributed by atoms with Gasteiger partial charge in [0.25, 0.3) is 0 Å². The molecule has 0 saturated heterocycles. The van der Waals surface area contributed by atoms with E-state index in [0.717, 1.165) is 31.9 Å². The van der Waals surface area contributed by atoms with E-state index in [4.69, 9.17) is 0 Å². The zero-order valence-electron chi connectivity index (χ0n) is 13.5. The molecule has 0 aliphatic heterocycles. The molecule has 0 aromatic carbocycles. The minimum absolute atomic E-state index is 0.359. The van der Waals surface area contributed by atoms with Gasteiger partial charge in [-0.3, -0.25) is 4.99 Å². The Morgan fingerprint density at radius 2 is 2.32 bits per heavy atom. The van der Waals surface area contributed by atoms with Crippen molar-refractivity contribution >= 4 is 17.3 Å². The Bertz CT molecular complexity index is 573. The van der Waals surface area contributed by atoms with E-state index in [0.29, 0.717) is 6.04 Å². The fourth-order valence-electron chi connectivity index (χ4n) is 2.26. The van der Waals surface area contributed by atoms with E-state index in [-0.39, 0.29) is 0 Å². The molecule has 22 heavy (non-hydrogen) atoms. The van der Waals surface area contributed by atoms with Crippen molar-refractivity contribution in [2.75, 3.05) is 13.6 Å². The molecule has 0 amide bonds. The van der Waals surface area contributed by atoms with E-state index in [1.54, 1.807) is 0 Å². The summed E-state index contributed by atoms with van der Waals surface area (Å²) in [6.45, 7) is 6.19. The first-order valence-corrected chi connectivity index (χ1v) is 8.47. The predicted molar refractivity (Wildman–Crippen MR) is 93.6 cm³/mol. The molecule has 2 N–H and O–H groups in total. The number of aliphatic imine (C=N–C) groups is 1. The van der Waals surface area contributed by atoms with Crippen LogP contribution < -0.4 is 10.6 Å². The monoisotopic (exact) mass is 319 g/mol. The molecule has 1 unspecified atom stereocenters. The normalized spacial score (nSPS) is 13.1. The van der Waals surface area contributed by atoms with E-state index in [1.165, 1.54) is 9.75 Å². The van der Waals surface area contributed by atoms with E-state index in [9.17, 15) is 0 Å². The van der Waals surface area contributed by atoms with Crippen molar-refractivity contribution in [2.45, 2.75) is 39.3 Å². The van der Waals surface area contributed by atoms with Crippen molar-refractivity contribution in [1.82, 2.24) is 20.2 Å². The summed E-state index contributed by atoms with van der Waals surface area (Å²) in [5.41, 5.74) is 0. The Kier molecular flexibility index (Phi) is 6.45. The maximum Gasteiger partial charge on any atom is 0.191 e.